The van der Waals surface area contributed by atoms with Crippen molar-refractivity contribution in [3.63, 3.8) is 0 Å². The SMILES string of the molecule is CCc1nn(C)cc1CNc1ccc(C)c(O)c1C. The first-order valence-corrected chi connectivity index (χ1v) is 6.57. The fraction of sp³-hybridized carbons (Fsp3) is 0.400. The minimum atomic E-state index is 0.368. The smallest absolute Gasteiger partial charge is 0.123 e. The van der Waals surface area contributed by atoms with E-state index >= 15 is 0 Å². The molecule has 0 aliphatic carbocycles. The van der Waals surface area contributed by atoms with Crippen molar-refractivity contribution in [3.05, 3.63) is 40.7 Å². The Morgan fingerprint density at radius 2 is 2.05 bits per heavy atom. The molecule has 0 aliphatic heterocycles. The van der Waals surface area contributed by atoms with Gasteiger partial charge in [0.15, 0.2) is 0 Å². The number of benzene rings is 1. The number of aromatic hydroxyl groups is 1. The van der Waals surface area contributed by atoms with Gasteiger partial charge < -0.3 is 10.4 Å². The molecular weight excluding hydrogens is 238 g/mol. The van der Waals surface area contributed by atoms with E-state index in [0.717, 1.165) is 35.5 Å². The first kappa shape index (κ1) is 13.5. The highest BCUT2D eigenvalue weighted by Gasteiger charge is 2.08. The van der Waals surface area contributed by atoms with Gasteiger partial charge in [-0.1, -0.05) is 13.0 Å². The molecule has 0 aliphatic rings. The maximum atomic E-state index is 9.93. The van der Waals surface area contributed by atoms with Gasteiger partial charge in [0.1, 0.15) is 5.75 Å². The molecule has 0 radical (unpaired) electrons. The molecule has 0 bridgehead atoms. The molecule has 2 rings (SSSR count). The van der Waals surface area contributed by atoms with E-state index in [4.69, 9.17) is 0 Å². The Bertz CT molecular complexity index is 587. The molecule has 4 heteroatoms. The molecule has 0 amide bonds. The predicted octanol–water partition coefficient (Wildman–Crippen LogP) is 2.92. The minimum absolute atomic E-state index is 0.368. The van der Waals surface area contributed by atoms with Crippen molar-refractivity contribution >= 4 is 5.69 Å². The van der Waals surface area contributed by atoms with Crippen LogP contribution in [0, 0.1) is 13.8 Å². The van der Waals surface area contributed by atoms with Gasteiger partial charge in [0.25, 0.3) is 0 Å². The Kier molecular flexibility index (Phi) is 3.79. The number of nitrogens with one attached hydrogen (secondary N) is 1. The van der Waals surface area contributed by atoms with E-state index in [1.807, 2.05) is 43.9 Å². The summed E-state index contributed by atoms with van der Waals surface area (Å²) in [5.74, 6) is 0.368. The quantitative estimate of drug-likeness (QED) is 0.887. The molecule has 1 aromatic heterocycles. The Balaban J connectivity index is 2.17. The number of aryl methyl sites for hydroxylation is 3. The van der Waals surface area contributed by atoms with Crippen LogP contribution in [0.15, 0.2) is 18.3 Å². The molecule has 1 aromatic carbocycles. The average Bonchev–Trinajstić information content (AvgIpc) is 2.75. The van der Waals surface area contributed by atoms with E-state index in [-0.39, 0.29) is 0 Å². The lowest BCUT2D eigenvalue weighted by Gasteiger charge is -2.12. The van der Waals surface area contributed by atoms with Gasteiger partial charge in [-0.3, -0.25) is 4.68 Å². The Morgan fingerprint density at radius 3 is 2.74 bits per heavy atom. The number of hydrogen-bond donors (Lipinski definition) is 2. The molecular formula is C15H21N3O. The summed E-state index contributed by atoms with van der Waals surface area (Å²) in [6, 6.07) is 3.93. The van der Waals surface area contributed by atoms with Crippen LogP contribution in [0.3, 0.4) is 0 Å². The zero-order valence-electron chi connectivity index (χ0n) is 12.0. The van der Waals surface area contributed by atoms with Gasteiger partial charge in [-0.25, -0.2) is 0 Å². The first-order valence-electron chi connectivity index (χ1n) is 6.57. The van der Waals surface area contributed by atoms with E-state index in [1.165, 1.54) is 5.56 Å². The van der Waals surface area contributed by atoms with Crippen molar-refractivity contribution in [1.29, 1.82) is 0 Å². The Morgan fingerprint density at radius 1 is 1.32 bits per heavy atom. The third-order valence-electron chi connectivity index (χ3n) is 3.43. The van der Waals surface area contributed by atoms with E-state index in [2.05, 4.69) is 17.3 Å². The summed E-state index contributed by atoms with van der Waals surface area (Å²) in [6.07, 6.45) is 2.96. The summed E-state index contributed by atoms with van der Waals surface area (Å²) in [5.41, 5.74) is 5.07. The maximum Gasteiger partial charge on any atom is 0.123 e. The number of phenolic OH excluding ortho intramolecular Hbond substituents is 1. The normalized spacial score (nSPS) is 10.7. The monoisotopic (exact) mass is 259 g/mol. The molecule has 0 saturated heterocycles. The van der Waals surface area contributed by atoms with Gasteiger partial charge in [-0.15, -0.1) is 0 Å². The van der Waals surface area contributed by atoms with Crippen LogP contribution in [0.1, 0.15) is 29.3 Å². The lowest BCUT2D eigenvalue weighted by atomic mass is 10.1. The topological polar surface area (TPSA) is 50.1 Å². The van der Waals surface area contributed by atoms with E-state index in [9.17, 15) is 5.11 Å². The van der Waals surface area contributed by atoms with Crippen LogP contribution in [-0.2, 0) is 20.0 Å². The van der Waals surface area contributed by atoms with Crippen molar-refractivity contribution in [1.82, 2.24) is 9.78 Å². The van der Waals surface area contributed by atoms with Gasteiger partial charge in [-0.05, 0) is 31.9 Å². The van der Waals surface area contributed by atoms with Gasteiger partial charge in [0.2, 0.25) is 0 Å². The number of phenols is 1. The zero-order valence-corrected chi connectivity index (χ0v) is 12.0. The molecule has 19 heavy (non-hydrogen) atoms. The molecule has 0 saturated carbocycles. The van der Waals surface area contributed by atoms with E-state index in [0.29, 0.717) is 5.75 Å². The molecule has 2 aromatic rings. The maximum absolute atomic E-state index is 9.93. The lowest BCUT2D eigenvalue weighted by molar-refractivity contribution is 0.467. The fourth-order valence-electron chi connectivity index (χ4n) is 2.25. The standard InChI is InChI=1S/C15H21N3O/c1-5-13-12(9-18(4)17-13)8-16-14-7-6-10(2)15(19)11(14)3/h6-7,9,16,19H,5,8H2,1-4H3. The lowest BCUT2D eigenvalue weighted by Crippen LogP contribution is -2.02. The molecule has 4 nitrogen and oxygen atoms in total. The number of hydrogen-bond acceptors (Lipinski definition) is 3. The second kappa shape index (κ2) is 5.34. The predicted molar refractivity (Wildman–Crippen MR) is 77.5 cm³/mol. The van der Waals surface area contributed by atoms with E-state index < -0.39 is 0 Å². The second-order valence-corrected chi connectivity index (χ2v) is 4.89. The first-order chi connectivity index (χ1) is 9.02. The largest absolute Gasteiger partial charge is 0.507 e. The van der Waals surface area contributed by atoms with Gasteiger partial charge >= 0.3 is 0 Å². The van der Waals surface area contributed by atoms with Crippen LogP contribution in [-0.4, -0.2) is 14.9 Å². The van der Waals surface area contributed by atoms with Crippen molar-refractivity contribution in [3.8, 4) is 5.75 Å². The summed E-state index contributed by atoms with van der Waals surface area (Å²) < 4.78 is 1.84. The summed E-state index contributed by atoms with van der Waals surface area (Å²) >= 11 is 0. The van der Waals surface area contributed by atoms with Crippen molar-refractivity contribution in [2.75, 3.05) is 5.32 Å². The number of aromatic nitrogens is 2. The molecule has 102 valence electrons. The zero-order chi connectivity index (χ0) is 14.0. The molecule has 0 unspecified atom stereocenters. The third kappa shape index (κ3) is 2.72. The number of anilines is 1. The second-order valence-electron chi connectivity index (χ2n) is 4.89. The highest BCUT2D eigenvalue weighted by molar-refractivity contribution is 5.59. The average molecular weight is 259 g/mol. The van der Waals surface area contributed by atoms with Gasteiger partial charge in [-0.2, -0.15) is 5.10 Å². The summed E-state index contributed by atoms with van der Waals surface area (Å²) in [5, 5.41) is 17.7. The van der Waals surface area contributed by atoms with Crippen LogP contribution < -0.4 is 5.32 Å². The molecule has 0 spiro atoms. The summed E-state index contributed by atoms with van der Waals surface area (Å²) in [4.78, 5) is 0. The van der Waals surface area contributed by atoms with Crippen LogP contribution in [0.2, 0.25) is 0 Å². The third-order valence-corrected chi connectivity index (χ3v) is 3.43. The number of rotatable bonds is 4. The van der Waals surface area contributed by atoms with Gasteiger partial charge in [0.05, 0.1) is 5.69 Å². The Hall–Kier alpha value is -1.97. The minimum Gasteiger partial charge on any atom is -0.507 e. The van der Waals surface area contributed by atoms with Crippen LogP contribution in [0.4, 0.5) is 5.69 Å². The summed E-state index contributed by atoms with van der Waals surface area (Å²) in [7, 11) is 1.94. The van der Waals surface area contributed by atoms with Crippen molar-refractivity contribution < 1.29 is 5.11 Å². The molecule has 0 atom stereocenters. The highest BCUT2D eigenvalue weighted by atomic mass is 16.3. The molecule has 0 fully saturated rings. The number of nitrogens with zero attached hydrogens (tertiary/aromatic N) is 2. The molecule has 1 heterocycles. The van der Waals surface area contributed by atoms with E-state index in [1.54, 1.807) is 0 Å². The van der Waals surface area contributed by atoms with Crippen LogP contribution in [0.5, 0.6) is 5.75 Å². The highest BCUT2D eigenvalue weighted by Crippen LogP contribution is 2.28. The Labute approximate surface area is 114 Å². The van der Waals surface area contributed by atoms with Crippen molar-refractivity contribution in [2.24, 2.45) is 7.05 Å². The van der Waals surface area contributed by atoms with Crippen LogP contribution in [0.25, 0.3) is 0 Å². The van der Waals surface area contributed by atoms with Crippen molar-refractivity contribution in [2.45, 2.75) is 33.7 Å². The van der Waals surface area contributed by atoms with Gasteiger partial charge in [0, 0.05) is 36.6 Å². The fourth-order valence-corrected chi connectivity index (χ4v) is 2.25. The molecule has 2 N–H and O–H groups in total. The van der Waals surface area contributed by atoms with Crippen LogP contribution >= 0.6 is 0 Å². The summed E-state index contributed by atoms with van der Waals surface area (Å²) in [6.45, 7) is 6.66.